The molecule has 0 bridgehead atoms. The van der Waals surface area contributed by atoms with E-state index >= 15 is 0 Å². The number of carbonyl (C=O) groups excluding carboxylic acids is 1. The largest absolute Gasteiger partial charge is 0.354 e. The van der Waals surface area contributed by atoms with Crippen LogP contribution in [0.25, 0.3) is 0 Å². The van der Waals surface area contributed by atoms with E-state index in [2.05, 4.69) is 20.6 Å². The summed E-state index contributed by atoms with van der Waals surface area (Å²) < 4.78 is 0. The van der Waals surface area contributed by atoms with Gasteiger partial charge in [0, 0.05) is 18.1 Å². The standard InChI is InChI=1S/C18H14Cl2N4O/c19-14-5-3-6-15(17(14)20)24-12-7-9-22-16(10-12)18(25)23-11-13-4-1-2-8-21-13/h1-10H,11H2,(H,22,24)(H,23,25). The molecule has 0 aliphatic heterocycles. The fourth-order valence-electron chi connectivity index (χ4n) is 2.15. The van der Waals surface area contributed by atoms with Gasteiger partial charge in [-0.2, -0.15) is 0 Å². The molecule has 2 N–H and O–H groups in total. The van der Waals surface area contributed by atoms with E-state index in [4.69, 9.17) is 23.2 Å². The summed E-state index contributed by atoms with van der Waals surface area (Å²) in [6.07, 6.45) is 3.23. The number of rotatable bonds is 5. The van der Waals surface area contributed by atoms with Gasteiger partial charge in [-0.25, -0.2) is 0 Å². The number of anilines is 2. The first kappa shape index (κ1) is 17.2. The maximum atomic E-state index is 12.3. The van der Waals surface area contributed by atoms with Crippen LogP contribution in [0.4, 0.5) is 11.4 Å². The topological polar surface area (TPSA) is 66.9 Å². The Bertz CT molecular complexity index is 887. The second kappa shape index (κ2) is 7.96. The second-order valence-corrected chi connectivity index (χ2v) is 5.95. The highest BCUT2D eigenvalue weighted by Crippen LogP contribution is 2.31. The number of carbonyl (C=O) groups is 1. The lowest BCUT2D eigenvalue weighted by atomic mass is 10.2. The van der Waals surface area contributed by atoms with Gasteiger partial charge >= 0.3 is 0 Å². The van der Waals surface area contributed by atoms with Gasteiger partial charge in [0.1, 0.15) is 5.69 Å². The first-order chi connectivity index (χ1) is 12.1. The predicted molar refractivity (Wildman–Crippen MR) is 99.4 cm³/mol. The zero-order valence-electron chi connectivity index (χ0n) is 13.0. The van der Waals surface area contributed by atoms with E-state index in [0.29, 0.717) is 33.7 Å². The van der Waals surface area contributed by atoms with Gasteiger partial charge in [0.05, 0.1) is 28.0 Å². The predicted octanol–water partition coefficient (Wildman–Crippen LogP) is 4.46. The number of hydrogen-bond acceptors (Lipinski definition) is 4. The first-order valence-electron chi connectivity index (χ1n) is 7.48. The van der Waals surface area contributed by atoms with Crippen LogP contribution in [-0.4, -0.2) is 15.9 Å². The Morgan fingerprint density at radius 3 is 2.68 bits per heavy atom. The fraction of sp³-hybridized carbons (Fsp3) is 0.0556. The van der Waals surface area contributed by atoms with Gasteiger partial charge in [0.2, 0.25) is 0 Å². The van der Waals surface area contributed by atoms with Gasteiger partial charge < -0.3 is 10.6 Å². The summed E-state index contributed by atoms with van der Waals surface area (Å²) in [5.74, 6) is -0.286. The van der Waals surface area contributed by atoms with Crippen molar-refractivity contribution < 1.29 is 4.79 Å². The Balaban J connectivity index is 1.70. The average Bonchev–Trinajstić information content (AvgIpc) is 2.64. The molecule has 0 saturated carbocycles. The number of nitrogens with one attached hydrogen (secondary N) is 2. The minimum Gasteiger partial charge on any atom is -0.354 e. The van der Waals surface area contributed by atoms with Crippen molar-refractivity contribution >= 4 is 40.5 Å². The van der Waals surface area contributed by atoms with Crippen molar-refractivity contribution in [2.45, 2.75) is 6.54 Å². The van der Waals surface area contributed by atoms with Gasteiger partial charge in [-0.15, -0.1) is 0 Å². The number of amides is 1. The van der Waals surface area contributed by atoms with Crippen molar-refractivity contribution in [3.8, 4) is 0 Å². The summed E-state index contributed by atoms with van der Waals surface area (Å²) in [5, 5.41) is 6.79. The molecule has 0 atom stereocenters. The van der Waals surface area contributed by atoms with Gasteiger partial charge in [0.15, 0.2) is 0 Å². The van der Waals surface area contributed by atoms with Crippen molar-refractivity contribution in [2.75, 3.05) is 5.32 Å². The van der Waals surface area contributed by atoms with E-state index in [1.165, 1.54) is 0 Å². The number of halogens is 2. The molecular weight excluding hydrogens is 359 g/mol. The number of benzene rings is 1. The molecule has 0 unspecified atom stereocenters. The smallest absolute Gasteiger partial charge is 0.270 e. The Kier molecular flexibility index (Phi) is 5.48. The van der Waals surface area contributed by atoms with E-state index in [-0.39, 0.29) is 5.91 Å². The second-order valence-electron chi connectivity index (χ2n) is 5.16. The van der Waals surface area contributed by atoms with Crippen LogP contribution < -0.4 is 10.6 Å². The van der Waals surface area contributed by atoms with Crippen molar-refractivity contribution in [1.82, 2.24) is 15.3 Å². The third-order valence-corrected chi connectivity index (χ3v) is 4.20. The Hall–Kier alpha value is -2.63. The van der Waals surface area contributed by atoms with Gasteiger partial charge in [-0.3, -0.25) is 14.8 Å². The number of nitrogens with zero attached hydrogens (tertiary/aromatic N) is 2. The van der Waals surface area contributed by atoms with Crippen LogP contribution in [0.3, 0.4) is 0 Å². The number of hydrogen-bond donors (Lipinski definition) is 2. The van der Waals surface area contributed by atoms with E-state index in [1.807, 2.05) is 18.2 Å². The lowest BCUT2D eigenvalue weighted by Crippen LogP contribution is -2.24. The monoisotopic (exact) mass is 372 g/mol. The molecule has 0 aliphatic carbocycles. The molecule has 126 valence electrons. The quantitative estimate of drug-likeness (QED) is 0.693. The van der Waals surface area contributed by atoms with Crippen LogP contribution in [-0.2, 0) is 6.54 Å². The van der Waals surface area contributed by atoms with Crippen LogP contribution >= 0.6 is 23.2 Å². The highest BCUT2D eigenvalue weighted by molar-refractivity contribution is 6.43. The molecule has 3 aromatic rings. The third kappa shape index (κ3) is 4.47. The summed E-state index contributed by atoms with van der Waals surface area (Å²) in [7, 11) is 0. The molecule has 7 heteroatoms. The zero-order chi connectivity index (χ0) is 17.6. The minimum absolute atomic E-state index is 0.286. The van der Waals surface area contributed by atoms with Gasteiger partial charge in [-0.1, -0.05) is 35.3 Å². The van der Waals surface area contributed by atoms with Crippen LogP contribution in [0.2, 0.25) is 10.0 Å². The highest BCUT2D eigenvalue weighted by atomic mass is 35.5. The highest BCUT2D eigenvalue weighted by Gasteiger charge is 2.10. The van der Waals surface area contributed by atoms with E-state index in [1.54, 1.807) is 42.7 Å². The lowest BCUT2D eigenvalue weighted by molar-refractivity contribution is 0.0945. The van der Waals surface area contributed by atoms with Crippen LogP contribution in [0.5, 0.6) is 0 Å². The van der Waals surface area contributed by atoms with Crippen molar-refractivity contribution in [1.29, 1.82) is 0 Å². The Labute approximate surface area is 155 Å². The lowest BCUT2D eigenvalue weighted by Gasteiger charge is -2.10. The molecule has 0 fully saturated rings. The fourth-order valence-corrected chi connectivity index (χ4v) is 2.50. The summed E-state index contributed by atoms with van der Waals surface area (Å²) in [5.41, 5.74) is 2.40. The molecule has 2 aromatic heterocycles. The molecule has 1 aromatic carbocycles. The molecular formula is C18H14Cl2N4O. The summed E-state index contributed by atoms with van der Waals surface area (Å²) >= 11 is 12.2. The van der Waals surface area contributed by atoms with Crippen LogP contribution in [0, 0.1) is 0 Å². The number of aromatic nitrogens is 2. The molecule has 0 aliphatic rings. The minimum atomic E-state index is -0.286. The van der Waals surface area contributed by atoms with Gasteiger partial charge in [-0.05, 0) is 36.4 Å². The molecule has 3 rings (SSSR count). The Morgan fingerprint density at radius 2 is 1.88 bits per heavy atom. The molecule has 1 amide bonds. The van der Waals surface area contributed by atoms with Crippen molar-refractivity contribution in [3.05, 3.63) is 82.4 Å². The van der Waals surface area contributed by atoms with Gasteiger partial charge in [0.25, 0.3) is 5.91 Å². The normalized spacial score (nSPS) is 10.3. The first-order valence-corrected chi connectivity index (χ1v) is 8.24. The maximum Gasteiger partial charge on any atom is 0.270 e. The van der Waals surface area contributed by atoms with Crippen LogP contribution in [0.1, 0.15) is 16.2 Å². The van der Waals surface area contributed by atoms with Crippen LogP contribution in [0.15, 0.2) is 60.9 Å². The molecule has 2 heterocycles. The van der Waals surface area contributed by atoms with Crippen molar-refractivity contribution in [2.24, 2.45) is 0 Å². The SMILES string of the molecule is O=C(NCc1ccccn1)c1cc(Nc2cccc(Cl)c2Cl)ccn1. The maximum absolute atomic E-state index is 12.3. The molecule has 5 nitrogen and oxygen atoms in total. The summed E-state index contributed by atoms with van der Waals surface area (Å²) in [4.78, 5) is 20.5. The summed E-state index contributed by atoms with van der Waals surface area (Å²) in [6, 6.07) is 14.2. The zero-order valence-corrected chi connectivity index (χ0v) is 14.6. The molecule has 0 spiro atoms. The average molecular weight is 373 g/mol. The van der Waals surface area contributed by atoms with Crippen molar-refractivity contribution in [3.63, 3.8) is 0 Å². The molecule has 25 heavy (non-hydrogen) atoms. The molecule has 0 radical (unpaired) electrons. The van der Waals surface area contributed by atoms with E-state index < -0.39 is 0 Å². The molecule has 0 saturated heterocycles. The Morgan fingerprint density at radius 1 is 1.00 bits per heavy atom. The van der Waals surface area contributed by atoms with E-state index in [9.17, 15) is 4.79 Å². The third-order valence-electron chi connectivity index (χ3n) is 3.38. The summed E-state index contributed by atoms with van der Waals surface area (Å²) in [6.45, 7) is 0.332. The van der Waals surface area contributed by atoms with E-state index in [0.717, 1.165) is 5.69 Å². The number of pyridine rings is 2.